The topological polar surface area (TPSA) is 112 Å². The first-order valence-electron chi connectivity index (χ1n) is 8.59. The van der Waals surface area contributed by atoms with Crippen LogP contribution >= 0.6 is 0 Å². The fourth-order valence-corrected chi connectivity index (χ4v) is 2.48. The molecule has 1 aliphatic heterocycles. The molecular formula is C19H21N2O6+. The van der Waals surface area contributed by atoms with E-state index in [1.807, 2.05) is 0 Å². The molecule has 0 unspecified atom stereocenters. The largest absolute Gasteiger partial charge is 0.483 e. The second-order valence-electron chi connectivity index (χ2n) is 6.26. The van der Waals surface area contributed by atoms with Crippen molar-refractivity contribution in [3.63, 3.8) is 0 Å². The Morgan fingerprint density at radius 2 is 1.96 bits per heavy atom. The lowest BCUT2D eigenvalue weighted by atomic mass is 10.2. The van der Waals surface area contributed by atoms with Gasteiger partial charge >= 0.3 is 5.97 Å². The Labute approximate surface area is 156 Å². The number of likely N-dealkylation sites (tertiary alicyclic amines) is 1. The zero-order valence-corrected chi connectivity index (χ0v) is 14.8. The van der Waals surface area contributed by atoms with E-state index in [1.165, 1.54) is 18.3 Å². The van der Waals surface area contributed by atoms with Crippen LogP contribution < -0.4 is 9.47 Å². The molecule has 3 N–H and O–H groups in total. The van der Waals surface area contributed by atoms with Crippen LogP contribution in [0.3, 0.4) is 0 Å². The van der Waals surface area contributed by atoms with Crippen molar-refractivity contribution in [2.75, 3.05) is 19.7 Å². The van der Waals surface area contributed by atoms with Crippen LogP contribution in [0.1, 0.15) is 34.2 Å². The van der Waals surface area contributed by atoms with Crippen molar-refractivity contribution >= 4 is 11.9 Å². The van der Waals surface area contributed by atoms with Crippen molar-refractivity contribution in [1.29, 1.82) is 0 Å². The lowest BCUT2D eigenvalue weighted by Gasteiger charge is -2.30. The van der Waals surface area contributed by atoms with Gasteiger partial charge in [-0.25, -0.2) is 9.78 Å². The van der Waals surface area contributed by atoms with Crippen molar-refractivity contribution in [3.05, 3.63) is 47.8 Å². The minimum Gasteiger partial charge on any atom is -0.483 e. The molecule has 1 aromatic carbocycles. The summed E-state index contributed by atoms with van der Waals surface area (Å²) in [5.74, 6) is -0.275. The minimum absolute atomic E-state index is 0.0113. The Hall–Kier alpha value is -3.13. The highest BCUT2D eigenvalue weighted by Crippen LogP contribution is 2.28. The van der Waals surface area contributed by atoms with Gasteiger partial charge in [0, 0.05) is 19.2 Å². The second kappa shape index (κ2) is 8.05. The van der Waals surface area contributed by atoms with Gasteiger partial charge in [0.25, 0.3) is 5.91 Å². The van der Waals surface area contributed by atoms with E-state index in [9.17, 15) is 14.7 Å². The molecule has 27 heavy (non-hydrogen) atoms. The van der Waals surface area contributed by atoms with E-state index in [0.29, 0.717) is 17.2 Å². The highest BCUT2D eigenvalue weighted by Gasteiger charge is 2.22. The Bertz CT molecular complexity index is 833. The number of benzene rings is 1. The summed E-state index contributed by atoms with van der Waals surface area (Å²) in [6.45, 7) is 3.27. The lowest BCUT2D eigenvalue weighted by Crippen LogP contribution is -2.42. The number of aromatic nitrogens is 1. The van der Waals surface area contributed by atoms with Crippen LogP contribution in [0.25, 0.3) is 0 Å². The summed E-state index contributed by atoms with van der Waals surface area (Å²) in [5, 5.41) is 16.6. The highest BCUT2D eigenvalue weighted by atomic mass is 16.5. The average Bonchev–Trinajstić information content (AvgIpc) is 2.60. The molecule has 8 heteroatoms. The van der Waals surface area contributed by atoms with Gasteiger partial charge in [-0.3, -0.25) is 4.79 Å². The maximum absolute atomic E-state index is 12.1. The molecule has 3 rings (SSSR count). The third-order valence-corrected chi connectivity index (χ3v) is 4.09. The van der Waals surface area contributed by atoms with Crippen LogP contribution in [-0.4, -0.2) is 57.8 Å². The molecule has 1 saturated heterocycles. The van der Waals surface area contributed by atoms with E-state index in [4.69, 9.17) is 14.6 Å². The number of ether oxygens (including phenoxy) is 2. The smallest absolute Gasteiger partial charge is 0.335 e. The van der Waals surface area contributed by atoms with Crippen LogP contribution in [0.2, 0.25) is 0 Å². The molecule has 0 saturated carbocycles. The number of rotatable bonds is 7. The molecule has 2 heterocycles. The monoisotopic (exact) mass is 373 g/mol. The van der Waals surface area contributed by atoms with E-state index in [-0.39, 0.29) is 29.9 Å². The standard InChI is InChI=1S/C19H20N2O6/c1-12(11-22)26-15-7-13(19(24)25)8-16(9-15)27-14-3-4-17(20-10-14)18(23)21-5-2-6-21/h3-4,7-10,12,22H,2,5-6,11H2,1H3,(H,24,25)/p+1/t12-/m0/s1. The Morgan fingerprint density at radius 1 is 1.22 bits per heavy atom. The van der Waals surface area contributed by atoms with Crippen molar-refractivity contribution < 1.29 is 29.3 Å². The number of carboxylic acid groups (broad SMARTS) is 1. The van der Waals surface area contributed by atoms with Gasteiger partial charge in [0.2, 0.25) is 0 Å². The van der Waals surface area contributed by atoms with Crippen molar-refractivity contribution in [1.82, 2.24) is 9.88 Å². The van der Waals surface area contributed by atoms with Gasteiger partial charge in [-0.2, -0.15) is 0 Å². The van der Waals surface area contributed by atoms with Crippen LogP contribution in [-0.2, 0) is 0 Å². The van der Waals surface area contributed by atoms with E-state index < -0.39 is 5.97 Å². The number of amides is 1. The fraction of sp³-hybridized carbons (Fsp3) is 0.316. The summed E-state index contributed by atoms with van der Waals surface area (Å²) in [6.07, 6.45) is 2.05. The molecule has 1 fully saturated rings. The molecule has 1 aliphatic rings. The number of carbonyl (C=O) groups is 2. The summed E-state index contributed by atoms with van der Waals surface area (Å²) in [4.78, 5) is 29.3. The van der Waals surface area contributed by atoms with Crippen LogP contribution in [0.15, 0.2) is 36.5 Å². The van der Waals surface area contributed by atoms with E-state index in [1.54, 1.807) is 30.0 Å². The number of carbonyl (C=O) groups excluding carboxylic acids is 1. The summed E-state index contributed by atoms with van der Waals surface area (Å²) >= 11 is 0. The van der Waals surface area contributed by atoms with Crippen molar-refractivity contribution in [2.45, 2.75) is 19.4 Å². The Morgan fingerprint density at radius 3 is 2.52 bits per heavy atom. The Balaban J connectivity index is 1.77. The normalized spacial score (nSPS) is 14.2. The molecule has 0 radical (unpaired) electrons. The molecule has 8 nitrogen and oxygen atoms in total. The number of aromatic carboxylic acids is 1. The molecule has 0 bridgehead atoms. The van der Waals surface area contributed by atoms with E-state index in [2.05, 4.69) is 4.98 Å². The zero-order chi connectivity index (χ0) is 19.4. The first-order chi connectivity index (χ1) is 13.0. The minimum atomic E-state index is -1.11. The molecule has 142 valence electrons. The highest BCUT2D eigenvalue weighted by molar-refractivity contribution is 5.92. The maximum Gasteiger partial charge on any atom is 0.335 e. The summed E-state index contributed by atoms with van der Waals surface area (Å²) < 4.78 is 11.2. The molecule has 1 aromatic heterocycles. The summed E-state index contributed by atoms with van der Waals surface area (Å²) in [7, 11) is 0. The van der Waals surface area contributed by atoms with E-state index in [0.717, 1.165) is 19.5 Å². The van der Waals surface area contributed by atoms with Gasteiger partial charge in [0.1, 0.15) is 22.9 Å². The number of pyridine rings is 1. The molecule has 1 amide bonds. The molecular weight excluding hydrogens is 352 g/mol. The average molecular weight is 373 g/mol. The first kappa shape index (κ1) is 18.7. The molecule has 0 aliphatic carbocycles. The molecule has 0 spiro atoms. The van der Waals surface area contributed by atoms with Crippen molar-refractivity contribution in [2.24, 2.45) is 0 Å². The second-order valence-corrected chi connectivity index (χ2v) is 6.26. The number of carboxylic acids is 1. The van der Waals surface area contributed by atoms with Gasteiger partial charge in [-0.15, -0.1) is 0 Å². The van der Waals surface area contributed by atoms with E-state index >= 15 is 0 Å². The SMILES string of the molecule is C[C@@H](C[OH2+])Oc1cc(Oc2ccc(C(=O)N3CCC3)nc2)cc(C(=O)O)c1. The van der Waals surface area contributed by atoms with Gasteiger partial charge in [-0.05, 0) is 37.6 Å². The molecule has 2 aromatic rings. The van der Waals surface area contributed by atoms with Gasteiger partial charge in [0.15, 0.2) is 12.7 Å². The van der Waals surface area contributed by atoms with Crippen LogP contribution in [0.4, 0.5) is 0 Å². The quantitative estimate of drug-likeness (QED) is 0.742. The van der Waals surface area contributed by atoms with Crippen molar-refractivity contribution in [3.8, 4) is 17.2 Å². The first-order valence-corrected chi connectivity index (χ1v) is 8.59. The van der Waals surface area contributed by atoms with Gasteiger partial charge in [-0.1, -0.05) is 0 Å². The number of hydrogen-bond donors (Lipinski definition) is 1. The maximum atomic E-state index is 12.1. The van der Waals surface area contributed by atoms with Gasteiger partial charge in [0.05, 0.1) is 11.8 Å². The number of nitrogens with zero attached hydrogens (tertiary/aromatic N) is 2. The predicted octanol–water partition coefficient (Wildman–Crippen LogP) is 1.91. The zero-order valence-electron chi connectivity index (χ0n) is 14.8. The van der Waals surface area contributed by atoms with Gasteiger partial charge < -0.3 is 24.6 Å². The third kappa shape index (κ3) is 4.53. The van der Waals surface area contributed by atoms with Crippen LogP contribution in [0, 0.1) is 0 Å². The lowest BCUT2D eigenvalue weighted by molar-refractivity contribution is 0.0644. The fourth-order valence-electron chi connectivity index (χ4n) is 2.48. The third-order valence-electron chi connectivity index (χ3n) is 4.09. The van der Waals surface area contributed by atoms with Crippen LogP contribution in [0.5, 0.6) is 17.2 Å². The summed E-state index contributed by atoms with van der Waals surface area (Å²) in [6, 6.07) is 7.50. The predicted molar refractivity (Wildman–Crippen MR) is 96.8 cm³/mol. The Kier molecular flexibility index (Phi) is 5.56. The number of hydrogen-bond acceptors (Lipinski definition) is 5. The summed E-state index contributed by atoms with van der Waals surface area (Å²) in [5.41, 5.74) is 0.354. The molecule has 1 atom stereocenters.